The first-order valence-electron chi connectivity index (χ1n) is 12.0. The minimum absolute atomic E-state index is 0.0251. The summed E-state index contributed by atoms with van der Waals surface area (Å²) >= 11 is 0. The number of halogens is 1. The highest BCUT2D eigenvalue weighted by Crippen LogP contribution is 2.32. The predicted molar refractivity (Wildman–Crippen MR) is 130 cm³/mol. The molecule has 1 aromatic heterocycles. The molecular formula is C24H30FN5O4S. The number of carbonyl (C=O) groups is 2. The second kappa shape index (κ2) is 8.92. The molecule has 3 saturated heterocycles. The molecule has 0 aliphatic carbocycles. The van der Waals surface area contributed by atoms with Crippen LogP contribution in [0.5, 0.6) is 0 Å². The third-order valence-corrected chi connectivity index (χ3v) is 9.11. The van der Waals surface area contributed by atoms with Gasteiger partial charge >= 0.3 is 0 Å². The minimum atomic E-state index is -3.00. The topological polar surface area (TPSA) is 95.8 Å². The Labute approximate surface area is 204 Å². The van der Waals surface area contributed by atoms with Gasteiger partial charge in [0, 0.05) is 44.8 Å². The molecule has 5 rings (SSSR count). The molecule has 0 radical (unpaired) electrons. The molecule has 188 valence electrons. The number of hydrogen-bond acceptors (Lipinski definition) is 6. The second-order valence-corrected chi connectivity index (χ2v) is 11.9. The van der Waals surface area contributed by atoms with Crippen molar-refractivity contribution >= 4 is 33.0 Å². The molecule has 3 aliphatic heterocycles. The summed E-state index contributed by atoms with van der Waals surface area (Å²) in [6.45, 7) is 6.59. The third kappa shape index (κ3) is 4.53. The molecule has 0 spiro atoms. The molecule has 9 nitrogen and oxygen atoms in total. The van der Waals surface area contributed by atoms with Crippen LogP contribution in [0.25, 0.3) is 0 Å². The van der Waals surface area contributed by atoms with Crippen molar-refractivity contribution < 1.29 is 22.4 Å². The standard InChI is InChI=1S/C24H30FN5O4S/c1-16-23(17(2)30(26-16)21-7-12-35(33,34)15-21)27-8-10-28(11-9-27)24(32)18-13-22(31)29(14-18)20-5-3-19(25)4-6-20/h3-6,18,21H,7-15H2,1-2H3. The average Bonchev–Trinajstić information content (AvgIpc) is 3.48. The number of nitrogens with zero attached hydrogens (tertiary/aromatic N) is 5. The number of sulfone groups is 1. The lowest BCUT2D eigenvalue weighted by atomic mass is 10.1. The number of hydrogen-bond donors (Lipinski definition) is 0. The summed E-state index contributed by atoms with van der Waals surface area (Å²) in [4.78, 5) is 31.3. The van der Waals surface area contributed by atoms with Gasteiger partial charge in [-0.1, -0.05) is 0 Å². The molecule has 11 heteroatoms. The predicted octanol–water partition coefficient (Wildman–Crippen LogP) is 1.70. The van der Waals surface area contributed by atoms with E-state index in [2.05, 4.69) is 10.00 Å². The highest BCUT2D eigenvalue weighted by atomic mass is 32.2. The van der Waals surface area contributed by atoms with E-state index >= 15 is 0 Å². The highest BCUT2D eigenvalue weighted by Gasteiger charge is 2.38. The number of rotatable bonds is 4. The Bertz CT molecular complexity index is 1250. The van der Waals surface area contributed by atoms with E-state index < -0.39 is 15.8 Å². The molecule has 4 heterocycles. The largest absolute Gasteiger partial charge is 0.365 e. The Morgan fingerprint density at radius 1 is 1.09 bits per heavy atom. The zero-order chi connectivity index (χ0) is 24.9. The summed E-state index contributed by atoms with van der Waals surface area (Å²) in [6, 6.07) is 5.62. The fraction of sp³-hybridized carbons (Fsp3) is 0.542. The van der Waals surface area contributed by atoms with Crippen LogP contribution in [0.2, 0.25) is 0 Å². The van der Waals surface area contributed by atoms with Crippen molar-refractivity contribution in [2.24, 2.45) is 5.92 Å². The van der Waals surface area contributed by atoms with Crippen LogP contribution < -0.4 is 9.80 Å². The van der Waals surface area contributed by atoms with Gasteiger partial charge in [0.1, 0.15) is 5.82 Å². The van der Waals surface area contributed by atoms with Gasteiger partial charge in [0.15, 0.2) is 9.84 Å². The first-order chi connectivity index (χ1) is 16.6. The Hall–Kier alpha value is -2.95. The molecule has 2 unspecified atom stereocenters. The van der Waals surface area contributed by atoms with Crippen LogP contribution in [0.1, 0.15) is 30.3 Å². The highest BCUT2D eigenvalue weighted by molar-refractivity contribution is 7.91. The van der Waals surface area contributed by atoms with Gasteiger partial charge in [-0.3, -0.25) is 14.3 Å². The van der Waals surface area contributed by atoms with E-state index in [4.69, 9.17) is 0 Å². The molecule has 0 saturated carbocycles. The molecule has 0 N–H and O–H groups in total. The summed E-state index contributed by atoms with van der Waals surface area (Å²) in [5, 5.41) is 4.66. The Morgan fingerprint density at radius 3 is 2.40 bits per heavy atom. The number of aryl methyl sites for hydroxylation is 1. The van der Waals surface area contributed by atoms with Crippen molar-refractivity contribution in [2.45, 2.75) is 32.7 Å². The van der Waals surface area contributed by atoms with E-state index in [-0.39, 0.29) is 41.6 Å². The molecule has 2 amide bonds. The van der Waals surface area contributed by atoms with Gasteiger partial charge in [0.2, 0.25) is 11.8 Å². The maximum atomic E-state index is 13.2. The van der Waals surface area contributed by atoms with E-state index in [9.17, 15) is 22.4 Å². The quantitative estimate of drug-likeness (QED) is 0.630. The molecule has 1 aromatic carbocycles. The van der Waals surface area contributed by atoms with E-state index in [0.717, 1.165) is 17.1 Å². The summed E-state index contributed by atoms with van der Waals surface area (Å²) in [5.74, 6) is -0.589. The molecule has 35 heavy (non-hydrogen) atoms. The zero-order valence-electron chi connectivity index (χ0n) is 20.0. The second-order valence-electron chi connectivity index (χ2n) is 9.71. The number of aromatic nitrogens is 2. The fourth-order valence-electron chi connectivity index (χ4n) is 5.59. The first kappa shape index (κ1) is 23.8. The van der Waals surface area contributed by atoms with Gasteiger partial charge in [-0.05, 0) is 44.5 Å². The first-order valence-corrected chi connectivity index (χ1v) is 13.8. The summed E-state index contributed by atoms with van der Waals surface area (Å²) in [6.07, 6.45) is 0.743. The minimum Gasteiger partial charge on any atom is -0.365 e. The lowest BCUT2D eigenvalue weighted by Crippen LogP contribution is -2.51. The van der Waals surface area contributed by atoms with Crippen LogP contribution in [0, 0.1) is 25.6 Å². The average molecular weight is 504 g/mol. The normalized spacial score (nSPS) is 24.4. The molecular weight excluding hydrogens is 473 g/mol. The Balaban J connectivity index is 1.22. The van der Waals surface area contributed by atoms with Crippen molar-refractivity contribution in [2.75, 3.05) is 54.0 Å². The van der Waals surface area contributed by atoms with Gasteiger partial charge in [0.25, 0.3) is 0 Å². The lowest BCUT2D eigenvalue weighted by molar-refractivity contribution is -0.136. The van der Waals surface area contributed by atoms with Gasteiger partial charge in [-0.2, -0.15) is 5.10 Å². The number of amides is 2. The SMILES string of the molecule is Cc1nn(C2CCS(=O)(=O)C2)c(C)c1N1CCN(C(=O)C2CC(=O)N(c3ccc(F)cc3)C2)CC1. The van der Waals surface area contributed by atoms with E-state index in [1.54, 1.807) is 17.0 Å². The van der Waals surface area contributed by atoms with E-state index in [1.807, 2.05) is 23.4 Å². The Morgan fingerprint density at radius 2 is 1.77 bits per heavy atom. The van der Waals surface area contributed by atoms with Crippen LogP contribution in [-0.2, 0) is 19.4 Å². The van der Waals surface area contributed by atoms with Gasteiger partial charge < -0.3 is 14.7 Å². The number of carbonyl (C=O) groups excluding carboxylic acids is 2. The molecule has 3 fully saturated rings. The monoisotopic (exact) mass is 503 g/mol. The van der Waals surface area contributed by atoms with Gasteiger partial charge in [-0.15, -0.1) is 0 Å². The van der Waals surface area contributed by atoms with Crippen LogP contribution in [-0.4, -0.2) is 79.1 Å². The van der Waals surface area contributed by atoms with Crippen molar-refractivity contribution in [3.8, 4) is 0 Å². The van der Waals surface area contributed by atoms with Crippen molar-refractivity contribution in [1.29, 1.82) is 0 Å². The zero-order valence-corrected chi connectivity index (χ0v) is 20.8. The molecule has 2 aromatic rings. The maximum absolute atomic E-state index is 13.2. The third-order valence-electron chi connectivity index (χ3n) is 7.36. The van der Waals surface area contributed by atoms with Crippen molar-refractivity contribution in [3.63, 3.8) is 0 Å². The van der Waals surface area contributed by atoms with Gasteiger partial charge in [-0.25, -0.2) is 12.8 Å². The Kier molecular flexibility index (Phi) is 6.06. The number of anilines is 2. The van der Waals surface area contributed by atoms with Crippen LogP contribution in [0.3, 0.4) is 0 Å². The maximum Gasteiger partial charge on any atom is 0.228 e. The molecule has 0 bridgehead atoms. The van der Waals surface area contributed by atoms with Crippen molar-refractivity contribution in [1.82, 2.24) is 14.7 Å². The summed E-state index contributed by atoms with van der Waals surface area (Å²) in [7, 11) is -3.00. The van der Waals surface area contributed by atoms with Crippen LogP contribution in [0.15, 0.2) is 24.3 Å². The van der Waals surface area contributed by atoms with Crippen LogP contribution >= 0.6 is 0 Å². The fourth-order valence-corrected chi connectivity index (χ4v) is 7.28. The van der Waals surface area contributed by atoms with Crippen molar-refractivity contribution in [3.05, 3.63) is 41.5 Å². The van der Waals surface area contributed by atoms with Crippen LogP contribution in [0.4, 0.5) is 15.8 Å². The van der Waals surface area contributed by atoms with Gasteiger partial charge in [0.05, 0.1) is 40.5 Å². The summed E-state index contributed by atoms with van der Waals surface area (Å²) in [5.41, 5.74) is 3.44. The molecule has 3 aliphatic rings. The molecule has 2 atom stereocenters. The summed E-state index contributed by atoms with van der Waals surface area (Å²) < 4.78 is 39.0. The van der Waals surface area contributed by atoms with E-state index in [1.165, 1.54) is 12.1 Å². The number of benzene rings is 1. The lowest BCUT2D eigenvalue weighted by Gasteiger charge is -2.37. The van der Waals surface area contributed by atoms with E-state index in [0.29, 0.717) is 44.8 Å². The number of piperazine rings is 1. The smallest absolute Gasteiger partial charge is 0.228 e.